The molecule has 0 saturated heterocycles. The predicted octanol–water partition coefficient (Wildman–Crippen LogP) is 7.50. The molecule has 4 aromatic carbocycles. The third-order valence-electron chi connectivity index (χ3n) is 5.07. The molecule has 0 unspecified atom stereocenters. The van der Waals surface area contributed by atoms with Crippen molar-refractivity contribution in [2.24, 2.45) is 9.98 Å². The van der Waals surface area contributed by atoms with Gasteiger partial charge in [0.1, 0.15) is 11.5 Å². The first-order chi connectivity index (χ1) is 17.7. The van der Waals surface area contributed by atoms with Crippen molar-refractivity contribution < 1.29 is 27.0 Å². The quantitative estimate of drug-likeness (QED) is 0.216. The van der Waals surface area contributed by atoms with Crippen LogP contribution in [0, 0.1) is 0 Å². The van der Waals surface area contributed by atoms with Gasteiger partial charge in [0.25, 0.3) is 0 Å². The zero-order chi connectivity index (χ0) is 24.7. The third-order valence-corrected chi connectivity index (χ3v) is 6.96. The van der Waals surface area contributed by atoms with E-state index in [4.69, 9.17) is 0 Å². The number of aromatic nitrogens is 2. The maximum atomic E-state index is 9.62. The molecule has 1 radical (unpaired) electrons. The second-order valence-electron chi connectivity index (χ2n) is 7.56. The Hall–Kier alpha value is -3.89. The second-order valence-corrected chi connectivity index (χ2v) is 9.58. The van der Waals surface area contributed by atoms with Gasteiger partial charge >= 0.3 is 0 Å². The van der Waals surface area contributed by atoms with Crippen molar-refractivity contribution in [3.8, 4) is 11.5 Å². The number of benzene rings is 4. The van der Waals surface area contributed by atoms with Crippen LogP contribution < -0.4 is 0 Å². The molecule has 2 N–H and O–H groups in total. The van der Waals surface area contributed by atoms with Crippen LogP contribution in [0.25, 0.3) is 20.4 Å². The van der Waals surface area contributed by atoms with E-state index in [1.165, 1.54) is 22.7 Å². The van der Waals surface area contributed by atoms with E-state index in [-0.39, 0.29) is 28.3 Å². The molecule has 0 fully saturated rings. The van der Waals surface area contributed by atoms with Crippen molar-refractivity contribution in [2.75, 3.05) is 0 Å². The Morgan fingerprint density at radius 3 is 1.32 bits per heavy atom. The smallest absolute Gasteiger partial charge is 0.210 e. The normalized spacial score (nSPS) is 11.0. The molecule has 6 rings (SSSR count). The monoisotopic (exact) mass is 567 g/mol. The molecule has 0 aliphatic rings. The van der Waals surface area contributed by atoms with E-state index in [0.29, 0.717) is 21.4 Å². The third kappa shape index (κ3) is 6.66. The molecule has 0 aliphatic carbocycles. The number of aromatic hydroxyl groups is 2. The maximum Gasteiger partial charge on any atom is 0.210 e. The first kappa shape index (κ1) is 26.2. The molecule has 185 valence electrons. The Balaban J connectivity index is 0.000000168. The van der Waals surface area contributed by atoms with E-state index < -0.39 is 0 Å². The molecule has 0 atom stereocenters. The molecule has 6 aromatic rings. The predicted molar refractivity (Wildman–Crippen MR) is 150 cm³/mol. The molecule has 2 heterocycles. The van der Waals surface area contributed by atoms with E-state index in [9.17, 15) is 10.2 Å². The van der Waals surface area contributed by atoms with Gasteiger partial charge in [0.15, 0.2) is 0 Å². The van der Waals surface area contributed by atoms with Crippen LogP contribution in [0.3, 0.4) is 0 Å². The largest absolute Gasteiger partial charge is 0.507 e. The van der Waals surface area contributed by atoms with Crippen molar-refractivity contribution in [3.05, 3.63) is 108 Å². The fraction of sp³-hybridized carbons (Fsp3) is 0. The zero-order valence-corrected chi connectivity index (χ0v) is 21.9. The molecule has 6 nitrogen and oxygen atoms in total. The summed E-state index contributed by atoms with van der Waals surface area (Å²) in [6.45, 7) is 0. The molecule has 0 spiro atoms. The van der Waals surface area contributed by atoms with Crippen molar-refractivity contribution >= 4 is 65.8 Å². The number of hydrogen-bond donors (Lipinski definition) is 2. The fourth-order valence-electron chi connectivity index (χ4n) is 3.27. The number of aliphatic imine (C=N–C) groups is 2. The number of para-hydroxylation sites is 4. The summed E-state index contributed by atoms with van der Waals surface area (Å²) in [5, 5.41) is 20.6. The topological polar surface area (TPSA) is 91.0 Å². The number of phenols is 2. The number of phenolic OH excluding ortho intramolecular Hbond substituents is 2. The van der Waals surface area contributed by atoms with Gasteiger partial charge in [-0.2, -0.15) is 0 Å². The van der Waals surface area contributed by atoms with Gasteiger partial charge in [0.2, 0.25) is 10.3 Å². The van der Waals surface area contributed by atoms with Crippen molar-refractivity contribution in [2.45, 2.75) is 0 Å². The van der Waals surface area contributed by atoms with E-state index in [1.807, 2.05) is 72.8 Å². The Labute approximate surface area is 231 Å². The zero-order valence-electron chi connectivity index (χ0n) is 19.2. The minimum absolute atomic E-state index is 0. The van der Waals surface area contributed by atoms with E-state index >= 15 is 0 Å². The summed E-state index contributed by atoms with van der Waals surface area (Å²) < 4.78 is 2.23. The van der Waals surface area contributed by atoms with Gasteiger partial charge in [-0.05, 0) is 48.5 Å². The SMILES string of the molecule is Oc1ccccc1C=Nc1nc2ccccc2s1.Oc1ccccc1C=Nc1nc2ccccc2s1.[Co]. The molecule has 37 heavy (non-hydrogen) atoms. The Bertz CT molecular complexity index is 1500. The van der Waals surface area contributed by atoms with E-state index in [2.05, 4.69) is 20.0 Å². The average Bonchev–Trinajstić information content (AvgIpc) is 3.51. The van der Waals surface area contributed by atoms with Crippen molar-refractivity contribution in [1.82, 2.24) is 9.97 Å². The number of hydrogen-bond acceptors (Lipinski definition) is 8. The van der Waals surface area contributed by atoms with Gasteiger partial charge in [0.05, 0.1) is 20.4 Å². The first-order valence-corrected chi connectivity index (χ1v) is 12.6. The van der Waals surface area contributed by atoms with Crippen LogP contribution >= 0.6 is 22.7 Å². The first-order valence-electron chi connectivity index (χ1n) is 11.0. The molecule has 0 aliphatic heterocycles. The van der Waals surface area contributed by atoms with Crippen LogP contribution in [0.15, 0.2) is 107 Å². The summed E-state index contributed by atoms with van der Waals surface area (Å²) in [6.07, 6.45) is 3.26. The van der Waals surface area contributed by atoms with Crippen LogP contribution in [-0.2, 0) is 16.8 Å². The molecule has 0 bridgehead atoms. The average molecular weight is 568 g/mol. The number of thiazole rings is 2. The van der Waals surface area contributed by atoms with Crippen LogP contribution in [0.5, 0.6) is 11.5 Å². The molecule has 9 heteroatoms. The summed E-state index contributed by atoms with van der Waals surface area (Å²) in [5.41, 5.74) is 3.28. The van der Waals surface area contributed by atoms with Crippen LogP contribution in [0.2, 0.25) is 0 Å². The standard InChI is InChI=1S/2C14H10N2OS.Co/c2*17-12-7-3-1-5-10(12)9-15-14-16-11-6-2-4-8-13(11)18-14;/h2*1-9,17H;. The Morgan fingerprint density at radius 1 is 0.541 bits per heavy atom. The number of rotatable bonds is 4. The Morgan fingerprint density at radius 2 is 0.919 bits per heavy atom. The van der Waals surface area contributed by atoms with Crippen LogP contribution in [0.4, 0.5) is 10.3 Å². The summed E-state index contributed by atoms with van der Waals surface area (Å²) in [5.74, 6) is 0.449. The summed E-state index contributed by atoms with van der Waals surface area (Å²) in [4.78, 5) is 17.4. The summed E-state index contributed by atoms with van der Waals surface area (Å²) in [6, 6.07) is 30.0. The minimum Gasteiger partial charge on any atom is -0.507 e. The fourth-order valence-corrected chi connectivity index (χ4v) is 4.90. The molecular weight excluding hydrogens is 547 g/mol. The van der Waals surface area contributed by atoms with Crippen molar-refractivity contribution in [1.29, 1.82) is 0 Å². The molecule has 0 amide bonds. The summed E-state index contributed by atoms with van der Waals surface area (Å²) in [7, 11) is 0. The van der Waals surface area contributed by atoms with Gasteiger partial charge in [-0.1, -0.05) is 71.2 Å². The van der Waals surface area contributed by atoms with Gasteiger partial charge < -0.3 is 10.2 Å². The van der Waals surface area contributed by atoms with Gasteiger partial charge in [0, 0.05) is 40.3 Å². The van der Waals surface area contributed by atoms with E-state index in [0.717, 1.165) is 20.4 Å². The van der Waals surface area contributed by atoms with E-state index in [1.54, 1.807) is 36.7 Å². The second kappa shape index (κ2) is 12.4. The van der Waals surface area contributed by atoms with Crippen LogP contribution in [-0.4, -0.2) is 32.6 Å². The number of fused-ring (bicyclic) bond motifs is 2. The van der Waals surface area contributed by atoms with Gasteiger partial charge in [-0.15, -0.1) is 0 Å². The number of nitrogens with zero attached hydrogens (tertiary/aromatic N) is 4. The van der Waals surface area contributed by atoms with Crippen LogP contribution in [0.1, 0.15) is 11.1 Å². The molecule has 0 saturated carbocycles. The Kier molecular flexibility index (Phi) is 8.75. The molecule has 2 aromatic heterocycles. The van der Waals surface area contributed by atoms with Crippen molar-refractivity contribution in [3.63, 3.8) is 0 Å². The molecular formula is C28H20CoN4O2S2. The van der Waals surface area contributed by atoms with Gasteiger partial charge in [-0.3, -0.25) is 0 Å². The minimum atomic E-state index is 0. The van der Waals surface area contributed by atoms with Gasteiger partial charge in [-0.25, -0.2) is 20.0 Å². The summed E-state index contributed by atoms with van der Waals surface area (Å²) >= 11 is 3.06. The maximum absolute atomic E-state index is 9.62.